The van der Waals surface area contributed by atoms with Crippen LogP contribution < -0.4 is 0 Å². The van der Waals surface area contributed by atoms with Gasteiger partial charge in [0.15, 0.2) is 0 Å². The van der Waals surface area contributed by atoms with E-state index < -0.39 is 6.10 Å². The van der Waals surface area contributed by atoms with Crippen molar-refractivity contribution in [2.45, 2.75) is 44.9 Å². The number of aliphatic hydroxyl groups is 1. The number of hydrogen-bond donors (Lipinski definition) is 1. The van der Waals surface area contributed by atoms with Crippen molar-refractivity contribution in [3.8, 4) is 6.07 Å². The van der Waals surface area contributed by atoms with E-state index in [2.05, 4.69) is 60.4 Å². The Morgan fingerprint density at radius 3 is 2.23 bits per heavy atom. The van der Waals surface area contributed by atoms with E-state index in [0.29, 0.717) is 11.8 Å². The summed E-state index contributed by atoms with van der Waals surface area (Å²) in [6.45, 7) is 5.36. The molecule has 0 aliphatic carbocycles. The van der Waals surface area contributed by atoms with Crippen LogP contribution in [-0.2, 0) is 6.54 Å². The first-order valence-corrected chi connectivity index (χ1v) is 14.3. The van der Waals surface area contributed by atoms with Crippen molar-refractivity contribution in [2.75, 3.05) is 13.1 Å². The van der Waals surface area contributed by atoms with Gasteiger partial charge in [0, 0.05) is 46.7 Å². The molecule has 0 saturated carbocycles. The molecule has 0 unspecified atom stereocenters. The number of piperidine rings is 3. The number of aromatic nitrogens is 1. The van der Waals surface area contributed by atoms with Crippen LogP contribution in [0.4, 0.5) is 0 Å². The topological polar surface area (TPSA) is 56.9 Å². The second-order valence-electron chi connectivity index (χ2n) is 11.7. The average Bonchev–Trinajstić information content (AvgIpc) is 3.00. The fraction of sp³-hybridized carbons (Fsp3) is 0.314. The number of rotatable bonds is 5. The highest BCUT2D eigenvalue weighted by molar-refractivity contribution is 6.07. The minimum absolute atomic E-state index is 0.116. The molecule has 3 aliphatic rings. The molecule has 1 N–H and O–H groups in total. The van der Waals surface area contributed by atoms with Crippen molar-refractivity contribution in [3.05, 3.63) is 102 Å². The summed E-state index contributed by atoms with van der Waals surface area (Å²) in [5.41, 5.74) is 4.01. The zero-order valence-corrected chi connectivity index (χ0v) is 22.4. The molecule has 4 aromatic carbocycles. The van der Waals surface area contributed by atoms with Crippen molar-refractivity contribution >= 4 is 32.4 Å². The number of benzene rings is 4. The van der Waals surface area contributed by atoms with Crippen LogP contribution in [0.1, 0.15) is 49.0 Å². The summed E-state index contributed by atoms with van der Waals surface area (Å²) < 4.78 is 0.896. The van der Waals surface area contributed by atoms with Crippen LogP contribution in [0.5, 0.6) is 0 Å². The number of nitriles is 1. The van der Waals surface area contributed by atoms with Gasteiger partial charge in [0.2, 0.25) is 0 Å². The van der Waals surface area contributed by atoms with Crippen molar-refractivity contribution in [1.29, 1.82) is 5.26 Å². The van der Waals surface area contributed by atoms with Gasteiger partial charge in [-0.25, -0.2) is 0 Å². The molecule has 4 heteroatoms. The third-order valence-corrected chi connectivity index (χ3v) is 9.98. The van der Waals surface area contributed by atoms with Gasteiger partial charge in [-0.05, 0) is 40.8 Å². The van der Waals surface area contributed by atoms with E-state index in [4.69, 9.17) is 0 Å². The van der Waals surface area contributed by atoms with E-state index in [9.17, 15) is 10.4 Å². The summed E-state index contributed by atoms with van der Waals surface area (Å²) >= 11 is 0. The molecule has 1 aromatic heterocycles. The van der Waals surface area contributed by atoms with Gasteiger partial charge in [-0.15, -0.1) is 0 Å². The average molecular weight is 513 g/mol. The van der Waals surface area contributed by atoms with Gasteiger partial charge in [0.1, 0.15) is 24.8 Å². The van der Waals surface area contributed by atoms with Gasteiger partial charge in [0.05, 0.1) is 24.2 Å². The lowest BCUT2D eigenvalue weighted by Gasteiger charge is -2.58. The van der Waals surface area contributed by atoms with Crippen LogP contribution in [0, 0.1) is 23.2 Å². The van der Waals surface area contributed by atoms with E-state index in [1.165, 1.54) is 29.2 Å². The van der Waals surface area contributed by atoms with Crippen molar-refractivity contribution in [2.24, 2.45) is 11.8 Å². The second-order valence-corrected chi connectivity index (χ2v) is 11.7. The highest BCUT2D eigenvalue weighted by atomic mass is 16.3. The quantitative estimate of drug-likeness (QED) is 0.199. The third-order valence-electron chi connectivity index (χ3n) is 9.98. The first kappa shape index (κ1) is 24.3. The largest absolute Gasteiger partial charge is 0.382 e. The van der Waals surface area contributed by atoms with Crippen LogP contribution in [0.3, 0.4) is 0 Å². The van der Waals surface area contributed by atoms with Crippen molar-refractivity contribution in [1.82, 2.24) is 4.98 Å². The van der Waals surface area contributed by atoms with E-state index in [-0.39, 0.29) is 6.04 Å². The highest BCUT2D eigenvalue weighted by Crippen LogP contribution is 2.49. The Morgan fingerprint density at radius 2 is 1.56 bits per heavy atom. The fourth-order valence-corrected chi connectivity index (χ4v) is 8.07. The first-order valence-electron chi connectivity index (χ1n) is 14.3. The maximum Gasteiger partial charge on any atom is 0.131 e. The zero-order valence-electron chi connectivity index (χ0n) is 22.4. The zero-order chi connectivity index (χ0) is 26.6. The van der Waals surface area contributed by atoms with E-state index >= 15 is 0 Å². The minimum Gasteiger partial charge on any atom is -0.382 e. The van der Waals surface area contributed by atoms with Crippen molar-refractivity contribution in [3.63, 3.8) is 0 Å². The van der Waals surface area contributed by atoms with Gasteiger partial charge in [-0.3, -0.25) is 4.98 Å². The summed E-state index contributed by atoms with van der Waals surface area (Å²) in [4.78, 5) is 4.57. The molecule has 3 saturated heterocycles. The standard InChI is InChI=1S/C35H34N3O/c1-2-23-21-38(22-32-27-11-5-3-9-25(27)31(20-36)26-10-4-6-12-28(26)32)18-16-24(23)19-34(38)35(39)30-15-17-37-33-14-8-7-13-29(30)33/h3-15,17,23-24,34-35,39H,2,16,18-19,21-22H2,1H3/q+1/t23-,24-,34+,35-,38-/m0/s1. The first-order chi connectivity index (χ1) is 19.1. The summed E-state index contributed by atoms with van der Waals surface area (Å²) in [5, 5.41) is 27.8. The van der Waals surface area contributed by atoms with Gasteiger partial charge in [-0.1, -0.05) is 73.7 Å². The molecular formula is C35H34N3O+. The fourth-order valence-electron chi connectivity index (χ4n) is 8.07. The Labute approximate surface area is 229 Å². The molecule has 5 aromatic rings. The number of pyridine rings is 1. The molecule has 0 spiro atoms. The van der Waals surface area contributed by atoms with Gasteiger partial charge >= 0.3 is 0 Å². The lowest BCUT2D eigenvalue weighted by molar-refractivity contribution is -0.985. The molecule has 39 heavy (non-hydrogen) atoms. The highest BCUT2D eigenvalue weighted by Gasteiger charge is 2.54. The Balaban J connectivity index is 1.41. The van der Waals surface area contributed by atoms with E-state index in [0.717, 1.165) is 63.3 Å². The van der Waals surface area contributed by atoms with Gasteiger partial charge in [-0.2, -0.15) is 5.26 Å². The monoisotopic (exact) mass is 512 g/mol. The van der Waals surface area contributed by atoms with E-state index in [1.807, 2.05) is 42.6 Å². The van der Waals surface area contributed by atoms with E-state index in [1.54, 1.807) is 0 Å². The number of para-hydroxylation sites is 1. The molecule has 8 rings (SSSR count). The number of hydrogen-bond acceptors (Lipinski definition) is 3. The maximum atomic E-state index is 12.2. The normalized spacial score (nSPS) is 25.2. The minimum atomic E-state index is -0.561. The molecule has 0 radical (unpaired) electrons. The third kappa shape index (κ3) is 3.76. The smallest absolute Gasteiger partial charge is 0.131 e. The lowest BCUT2D eigenvalue weighted by Crippen LogP contribution is -2.67. The van der Waals surface area contributed by atoms with Crippen LogP contribution in [0.25, 0.3) is 32.4 Å². The molecule has 4 heterocycles. The summed E-state index contributed by atoms with van der Waals surface area (Å²) in [5.74, 6) is 1.34. The molecule has 194 valence electrons. The Bertz CT molecular complexity index is 1690. The van der Waals surface area contributed by atoms with Crippen LogP contribution >= 0.6 is 0 Å². The van der Waals surface area contributed by atoms with Crippen molar-refractivity contribution < 1.29 is 9.59 Å². The second kappa shape index (κ2) is 9.45. The summed E-state index contributed by atoms with van der Waals surface area (Å²) in [7, 11) is 0. The SMILES string of the molecule is CC[C@H]1C[N@+]2(Cc3c4ccccc4c(C#N)c4ccccc34)CC[C@H]1C[C@@H]2[C@@H](O)c1ccnc2ccccc12. The molecular weight excluding hydrogens is 478 g/mol. The number of aliphatic hydroxyl groups excluding tert-OH is 1. The van der Waals surface area contributed by atoms with Gasteiger partial charge < -0.3 is 9.59 Å². The molecule has 0 amide bonds. The molecule has 5 atom stereocenters. The Hall–Kier alpha value is -3.78. The molecule has 4 nitrogen and oxygen atoms in total. The lowest BCUT2D eigenvalue weighted by atomic mass is 9.70. The van der Waals surface area contributed by atoms with Crippen LogP contribution in [0.2, 0.25) is 0 Å². The number of quaternary nitrogens is 1. The summed E-state index contributed by atoms with van der Waals surface area (Å²) in [6.07, 6.45) is 4.72. The summed E-state index contributed by atoms with van der Waals surface area (Å²) in [6, 6.07) is 29.6. The van der Waals surface area contributed by atoms with Crippen LogP contribution in [0.15, 0.2) is 85.1 Å². The molecule has 3 aliphatic heterocycles. The molecule has 3 fully saturated rings. The van der Waals surface area contributed by atoms with Gasteiger partial charge in [0.25, 0.3) is 0 Å². The van der Waals surface area contributed by atoms with Crippen LogP contribution in [-0.4, -0.2) is 33.7 Å². The predicted octanol–water partition coefficient (Wildman–Crippen LogP) is 7.28. The number of fused-ring (bicyclic) bond motifs is 6. The maximum absolute atomic E-state index is 12.2. The predicted molar refractivity (Wildman–Crippen MR) is 157 cm³/mol. The molecule has 2 bridgehead atoms. The Kier molecular flexibility index (Phi) is 5.88. The number of nitrogens with zero attached hydrogens (tertiary/aromatic N) is 3. The Morgan fingerprint density at radius 1 is 0.923 bits per heavy atom.